The van der Waals surface area contributed by atoms with Crippen LogP contribution in [-0.4, -0.2) is 35.7 Å². The van der Waals surface area contributed by atoms with Crippen molar-refractivity contribution in [1.82, 2.24) is 5.32 Å². The topological polar surface area (TPSA) is 84.9 Å². The zero-order valence-electron chi connectivity index (χ0n) is 14.1. The average molecular weight is 323 g/mol. The van der Waals surface area contributed by atoms with Crippen LogP contribution in [0.5, 0.6) is 11.5 Å². The van der Waals surface area contributed by atoms with Gasteiger partial charge in [-0.05, 0) is 45.4 Å². The molecule has 0 fully saturated rings. The first-order valence-corrected chi connectivity index (χ1v) is 7.83. The summed E-state index contributed by atoms with van der Waals surface area (Å²) in [4.78, 5) is 23.8. The van der Waals surface area contributed by atoms with Gasteiger partial charge in [-0.1, -0.05) is 13.3 Å². The number of ether oxygens (including phenoxy) is 2. The Morgan fingerprint density at radius 3 is 2.26 bits per heavy atom. The standard InChI is InChI=1S/C17H25NO5/c1-5-10-17(4,16(20)21)18-15(19)12-8-9-13(22-6-2)14(11-12)23-7-3/h8-9,11H,5-7,10H2,1-4H3,(H,18,19)(H,20,21). The largest absolute Gasteiger partial charge is 0.490 e. The van der Waals surface area contributed by atoms with Crippen LogP contribution in [0.4, 0.5) is 0 Å². The fraction of sp³-hybridized carbons (Fsp3) is 0.529. The number of nitrogens with one attached hydrogen (secondary N) is 1. The summed E-state index contributed by atoms with van der Waals surface area (Å²) in [6.07, 6.45) is 1.000. The average Bonchev–Trinajstić information content (AvgIpc) is 2.49. The molecule has 0 aliphatic heterocycles. The second-order valence-corrected chi connectivity index (χ2v) is 5.37. The lowest BCUT2D eigenvalue weighted by molar-refractivity contribution is -0.144. The molecule has 1 aromatic rings. The van der Waals surface area contributed by atoms with Gasteiger partial charge in [0.1, 0.15) is 5.54 Å². The molecule has 6 nitrogen and oxygen atoms in total. The van der Waals surface area contributed by atoms with Gasteiger partial charge in [0, 0.05) is 5.56 Å². The van der Waals surface area contributed by atoms with Crippen molar-refractivity contribution in [3.63, 3.8) is 0 Å². The molecule has 1 atom stereocenters. The summed E-state index contributed by atoms with van der Waals surface area (Å²) in [7, 11) is 0. The molecule has 1 unspecified atom stereocenters. The molecule has 1 rings (SSSR count). The minimum absolute atomic E-state index is 0.334. The fourth-order valence-electron chi connectivity index (χ4n) is 2.24. The predicted octanol–water partition coefficient (Wildman–Crippen LogP) is 2.86. The molecule has 23 heavy (non-hydrogen) atoms. The molecule has 0 heterocycles. The maximum Gasteiger partial charge on any atom is 0.329 e. The van der Waals surface area contributed by atoms with Crippen molar-refractivity contribution in [3.05, 3.63) is 23.8 Å². The molecule has 0 bridgehead atoms. The maximum atomic E-state index is 12.4. The van der Waals surface area contributed by atoms with Gasteiger partial charge < -0.3 is 19.9 Å². The van der Waals surface area contributed by atoms with Gasteiger partial charge in [-0.2, -0.15) is 0 Å². The number of hydrogen-bond donors (Lipinski definition) is 2. The zero-order chi connectivity index (χ0) is 17.5. The van der Waals surface area contributed by atoms with Gasteiger partial charge in [-0.25, -0.2) is 4.79 Å². The van der Waals surface area contributed by atoms with E-state index in [4.69, 9.17) is 9.47 Å². The van der Waals surface area contributed by atoms with Crippen LogP contribution >= 0.6 is 0 Å². The molecule has 2 N–H and O–H groups in total. The monoisotopic (exact) mass is 323 g/mol. The molecule has 0 aromatic heterocycles. The quantitative estimate of drug-likeness (QED) is 0.730. The Morgan fingerprint density at radius 1 is 1.13 bits per heavy atom. The third kappa shape index (κ3) is 4.87. The van der Waals surface area contributed by atoms with Crippen molar-refractivity contribution in [1.29, 1.82) is 0 Å². The highest BCUT2D eigenvalue weighted by molar-refractivity contribution is 5.98. The summed E-state index contributed by atoms with van der Waals surface area (Å²) in [6, 6.07) is 4.82. The smallest absolute Gasteiger partial charge is 0.329 e. The molecule has 6 heteroatoms. The second-order valence-electron chi connectivity index (χ2n) is 5.37. The summed E-state index contributed by atoms with van der Waals surface area (Å²) in [5.41, 5.74) is -0.962. The maximum absolute atomic E-state index is 12.4. The van der Waals surface area contributed by atoms with Gasteiger partial charge in [0.05, 0.1) is 13.2 Å². The number of aliphatic carboxylic acids is 1. The van der Waals surface area contributed by atoms with E-state index in [1.54, 1.807) is 18.2 Å². The Labute approximate surface area is 136 Å². The first-order chi connectivity index (χ1) is 10.9. The van der Waals surface area contributed by atoms with Gasteiger partial charge in [0.15, 0.2) is 11.5 Å². The number of rotatable bonds is 9. The number of carbonyl (C=O) groups is 2. The van der Waals surface area contributed by atoms with Gasteiger partial charge >= 0.3 is 5.97 Å². The Balaban J connectivity index is 3.03. The number of amides is 1. The van der Waals surface area contributed by atoms with E-state index in [0.717, 1.165) is 0 Å². The fourth-order valence-corrected chi connectivity index (χ4v) is 2.24. The van der Waals surface area contributed by atoms with Crippen LogP contribution in [0.2, 0.25) is 0 Å². The van der Waals surface area contributed by atoms with Crippen molar-refractivity contribution >= 4 is 11.9 Å². The Kier molecular flexibility index (Phi) is 6.88. The van der Waals surface area contributed by atoms with Crippen molar-refractivity contribution in [2.75, 3.05) is 13.2 Å². The first kappa shape index (κ1) is 18.8. The SMILES string of the molecule is CCCC(C)(NC(=O)c1ccc(OCC)c(OCC)c1)C(=O)O. The van der Waals surface area contributed by atoms with E-state index in [0.29, 0.717) is 43.1 Å². The van der Waals surface area contributed by atoms with Gasteiger partial charge in [-0.3, -0.25) is 4.79 Å². The number of carbonyl (C=O) groups excluding carboxylic acids is 1. The molecular weight excluding hydrogens is 298 g/mol. The third-order valence-electron chi connectivity index (χ3n) is 3.42. The van der Waals surface area contributed by atoms with E-state index in [9.17, 15) is 14.7 Å². The number of carboxylic acid groups (broad SMARTS) is 1. The van der Waals surface area contributed by atoms with E-state index in [1.165, 1.54) is 6.92 Å². The predicted molar refractivity (Wildman–Crippen MR) is 87.2 cm³/mol. The lowest BCUT2D eigenvalue weighted by atomic mass is 9.95. The zero-order valence-corrected chi connectivity index (χ0v) is 14.1. The molecule has 0 aliphatic rings. The number of carboxylic acids is 1. The van der Waals surface area contributed by atoms with Crippen molar-refractivity contribution < 1.29 is 24.2 Å². The van der Waals surface area contributed by atoms with Crippen LogP contribution in [0.15, 0.2) is 18.2 Å². The van der Waals surface area contributed by atoms with Crippen molar-refractivity contribution in [3.8, 4) is 11.5 Å². The van der Waals surface area contributed by atoms with E-state index in [1.807, 2.05) is 20.8 Å². The molecule has 0 radical (unpaired) electrons. The molecule has 1 aromatic carbocycles. The van der Waals surface area contributed by atoms with Crippen LogP contribution in [-0.2, 0) is 4.79 Å². The van der Waals surface area contributed by atoms with Crippen LogP contribution in [0.1, 0.15) is 50.9 Å². The summed E-state index contributed by atoms with van der Waals surface area (Å²) >= 11 is 0. The molecule has 0 saturated heterocycles. The Hall–Kier alpha value is -2.24. The van der Waals surface area contributed by atoms with Crippen molar-refractivity contribution in [2.45, 2.75) is 46.1 Å². The summed E-state index contributed by atoms with van der Waals surface area (Å²) in [6.45, 7) is 8.00. The van der Waals surface area contributed by atoms with Crippen LogP contribution in [0.25, 0.3) is 0 Å². The van der Waals surface area contributed by atoms with E-state index in [2.05, 4.69) is 5.32 Å². The highest BCUT2D eigenvalue weighted by atomic mass is 16.5. The highest BCUT2D eigenvalue weighted by Gasteiger charge is 2.34. The normalized spacial score (nSPS) is 13.0. The van der Waals surface area contributed by atoms with Crippen molar-refractivity contribution in [2.24, 2.45) is 0 Å². The Morgan fingerprint density at radius 2 is 1.74 bits per heavy atom. The third-order valence-corrected chi connectivity index (χ3v) is 3.42. The van der Waals surface area contributed by atoms with Gasteiger partial charge in [0.25, 0.3) is 5.91 Å². The minimum Gasteiger partial charge on any atom is -0.490 e. The highest BCUT2D eigenvalue weighted by Crippen LogP contribution is 2.28. The van der Waals surface area contributed by atoms with Gasteiger partial charge in [0.2, 0.25) is 0 Å². The van der Waals surface area contributed by atoms with Crippen LogP contribution in [0.3, 0.4) is 0 Å². The summed E-state index contributed by atoms with van der Waals surface area (Å²) < 4.78 is 10.9. The lowest BCUT2D eigenvalue weighted by Crippen LogP contribution is -2.52. The second kappa shape index (κ2) is 8.41. The molecule has 0 aliphatic carbocycles. The van der Waals surface area contributed by atoms with E-state index >= 15 is 0 Å². The lowest BCUT2D eigenvalue weighted by Gasteiger charge is -2.26. The molecule has 128 valence electrons. The first-order valence-electron chi connectivity index (χ1n) is 7.83. The molecule has 1 amide bonds. The van der Waals surface area contributed by atoms with E-state index < -0.39 is 17.4 Å². The molecular formula is C17H25NO5. The number of hydrogen-bond acceptors (Lipinski definition) is 4. The molecule has 0 spiro atoms. The molecule has 0 saturated carbocycles. The summed E-state index contributed by atoms with van der Waals surface area (Å²) in [5.74, 6) is -0.481. The number of benzene rings is 1. The van der Waals surface area contributed by atoms with E-state index in [-0.39, 0.29) is 0 Å². The minimum atomic E-state index is -1.30. The Bertz CT molecular complexity index is 558. The van der Waals surface area contributed by atoms with Gasteiger partial charge in [-0.15, -0.1) is 0 Å². The summed E-state index contributed by atoms with van der Waals surface area (Å²) in [5, 5.41) is 11.9. The van der Waals surface area contributed by atoms with Crippen LogP contribution < -0.4 is 14.8 Å². The van der Waals surface area contributed by atoms with Crippen LogP contribution in [0, 0.1) is 0 Å².